The van der Waals surface area contributed by atoms with Crippen molar-refractivity contribution < 1.29 is 23.7 Å². The zero-order chi connectivity index (χ0) is 21.9. The van der Waals surface area contributed by atoms with Crippen molar-refractivity contribution in [3.05, 3.63) is 18.0 Å². The van der Waals surface area contributed by atoms with Gasteiger partial charge in [-0.15, -0.1) is 0 Å². The molecule has 2 aromatic rings. The Hall–Kier alpha value is -2.97. The van der Waals surface area contributed by atoms with Crippen LogP contribution in [0, 0.1) is 0 Å². The molecule has 1 aromatic carbocycles. The van der Waals surface area contributed by atoms with Gasteiger partial charge in [-0.25, -0.2) is 9.78 Å². The lowest BCUT2D eigenvalue weighted by molar-refractivity contribution is 0.0203. The number of nitrogens with zero attached hydrogens (tertiary/aromatic N) is 3. The number of nitrogens with one attached hydrogen (secondary N) is 1. The van der Waals surface area contributed by atoms with Crippen molar-refractivity contribution in [3.63, 3.8) is 0 Å². The number of methoxy groups -OCH3 is 3. The minimum Gasteiger partial charge on any atom is -0.493 e. The van der Waals surface area contributed by atoms with Gasteiger partial charge in [0.05, 0.1) is 21.3 Å². The lowest BCUT2D eigenvalue weighted by atomic mass is 9.96. The molecule has 1 amide bonds. The normalized spacial score (nSPS) is 15.1. The summed E-state index contributed by atoms with van der Waals surface area (Å²) in [7, 11) is 4.71. The smallest absolute Gasteiger partial charge is 0.410 e. The molecule has 9 heteroatoms. The minimum absolute atomic E-state index is 0.201. The summed E-state index contributed by atoms with van der Waals surface area (Å²) in [5.74, 6) is 3.18. The number of likely N-dealkylation sites (tertiary alicyclic amines) is 1. The van der Waals surface area contributed by atoms with Gasteiger partial charge in [-0.05, 0) is 45.7 Å². The third-order valence-electron chi connectivity index (χ3n) is 4.96. The summed E-state index contributed by atoms with van der Waals surface area (Å²) in [6, 6.07) is 3.64. The molecule has 164 valence electrons. The van der Waals surface area contributed by atoms with Gasteiger partial charge in [0.2, 0.25) is 5.75 Å². The Morgan fingerprint density at radius 1 is 1.07 bits per heavy atom. The van der Waals surface area contributed by atoms with Gasteiger partial charge in [0.25, 0.3) is 0 Å². The van der Waals surface area contributed by atoms with Crippen LogP contribution in [-0.4, -0.2) is 66.2 Å². The van der Waals surface area contributed by atoms with Crippen LogP contribution in [0.15, 0.2) is 12.1 Å². The Morgan fingerprint density at radius 2 is 1.67 bits per heavy atom. The Morgan fingerprint density at radius 3 is 2.17 bits per heavy atom. The van der Waals surface area contributed by atoms with E-state index in [0.717, 1.165) is 24.2 Å². The van der Waals surface area contributed by atoms with Gasteiger partial charge in [0.15, 0.2) is 17.3 Å². The largest absolute Gasteiger partial charge is 0.493 e. The molecule has 0 bridgehead atoms. The van der Waals surface area contributed by atoms with Gasteiger partial charge >= 0.3 is 6.09 Å². The summed E-state index contributed by atoms with van der Waals surface area (Å²) < 4.78 is 21.7. The fourth-order valence-electron chi connectivity index (χ4n) is 3.46. The molecule has 0 spiro atoms. The number of rotatable bonds is 5. The van der Waals surface area contributed by atoms with Crippen molar-refractivity contribution in [2.75, 3.05) is 34.4 Å². The van der Waals surface area contributed by atoms with E-state index in [0.29, 0.717) is 36.2 Å². The molecule has 1 saturated heterocycles. The van der Waals surface area contributed by atoms with Crippen LogP contribution in [0.5, 0.6) is 17.2 Å². The van der Waals surface area contributed by atoms with E-state index in [-0.39, 0.29) is 12.0 Å². The number of carbonyl (C=O) groups excluding carboxylic acids is 1. The highest BCUT2D eigenvalue weighted by molar-refractivity contribution is 5.68. The number of aromatic nitrogens is 3. The molecule has 30 heavy (non-hydrogen) atoms. The van der Waals surface area contributed by atoms with Crippen LogP contribution in [0.25, 0.3) is 11.4 Å². The Kier molecular flexibility index (Phi) is 6.38. The van der Waals surface area contributed by atoms with Crippen LogP contribution in [0.3, 0.4) is 0 Å². The second-order valence-corrected chi connectivity index (χ2v) is 8.20. The zero-order valence-corrected chi connectivity index (χ0v) is 18.4. The molecule has 1 aliphatic rings. The van der Waals surface area contributed by atoms with Gasteiger partial charge in [-0.2, -0.15) is 5.10 Å². The van der Waals surface area contributed by atoms with Gasteiger partial charge < -0.3 is 23.8 Å². The van der Waals surface area contributed by atoms with Gasteiger partial charge in [0.1, 0.15) is 11.4 Å². The predicted molar refractivity (Wildman–Crippen MR) is 111 cm³/mol. The third-order valence-corrected chi connectivity index (χ3v) is 4.96. The SMILES string of the molecule is COc1cc(-c2n[nH]c(C3CCN(C(=O)OC(C)(C)C)CC3)n2)cc(OC)c1OC. The summed E-state index contributed by atoms with van der Waals surface area (Å²) in [5, 5.41) is 7.43. The Bertz CT molecular complexity index is 857. The second kappa shape index (κ2) is 8.81. The number of aromatic amines is 1. The molecule has 1 aliphatic heterocycles. The van der Waals surface area contributed by atoms with Crippen molar-refractivity contribution >= 4 is 6.09 Å². The summed E-state index contributed by atoms with van der Waals surface area (Å²) in [5.41, 5.74) is 0.270. The van der Waals surface area contributed by atoms with Crippen LogP contribution < -0.4 is 14.2 Å². The van der Waals surface area contributed by atoms with Crippen LogP contribution in [-0.2, 0) is 4.74 Å². The number of H-pyrrole nitrogens is 1. The van der Waals surface area contributed by atoms with E-state index in [2.05, 4.69) is 15.2 Å². The van der Waals surface area contributed by atoms with E-state index < -0.39 is 5.60 Å². The van der Waals surface area contributed by atoms with E-state index in [9.17, 15) is 4.79 Å². The molecule has 1 N–H and O–H groups in total. The van der Waals surface area contributed by atoms with Crippen molar-refractivity contribution in [2.24, 2.45) is 0 Å². The number of ether oxygens (including phenoxy) is 4. The highest BCUT2D eigenvalue weighted by Crippen LogP contribution is 2.40. The second-order valence-electron chi connectivity index (χ2n) is 8.20. The number of carbonyl (C=O) groups is 1. The Labute approximate surface area is 176 Å². The monoisotopic (exact) mass is 418 g/mol. The number of hydrogen-bond acceptors (Lipinski definition) is 7. The van der Waals surface area contributed by atoms with E-state index in [1.807, 2.05) is 32.9 Å². The zero-order valence-electron chi connectivity index (χ0n) is 18.4. The summed E-state index contributed by atoms with van der Waals surface area (Å²) >= 11 is 0. The summed E-state index contributed by atoms with van der Waals surface area (Å²) in [6.45, 7) is 6.87. The molecule has 1 aromatic heterocycles. The first-order valence-corrected chi connectivity index (χ1v) is 9.96. The van der Waals surface area contributed by atoms with Crippen molar-refractivity contribution in [1.82, 2.24) is 20.1 Å². The average Bonchev–Trinajstić information content (AvgIpc) is 3.21. The van der Waals surface area contributed by atoms with Crippen LogP contribution in [0.4, 0.5) is 4.79 Å². The molecule has 0 unspecified atom stereocenters. The predicted octanol–water partition coefficient (Wildman–Crippen LogP) is 3.61. The number of hydrogen-bond donors (Lipinski definition) is 1. The van der Waals surface area contributed by atoms with E-state index in [1.54, 1.807) is 26.2 Å². The third kappa shape index (κ3) is 4.77. The average molecular weight is 418 g/mol. The summed E-state index contributed by atoms with van der Waals surface area (Å²) in [6.07, 6.45) is 1.32. The highest BCUT2D eigenvalue weighted by atomic mass is 16.6. The number of amides is 1. The molecule has 0 atom stereocenters. The molecule has 0 saturated carbocycles. The maximum absolute atomic E-state index is 12.3. The van der Waals surface area contributed by atoms with Crippen LogP contribution >= 0.6 is 0 Å². The molecule has 0 aliphatic carbocycles. The van der Waals surface area contributed by atoms with E-state index in [1.165, 1.54) is 0 Å². The lowest BCUT2D eigenvalue weighted by Crippen LogP contribution is -2.41. The van der Waals surface area contributed by atoms with Gasteiger partial charge in [-0.1, -0.05) is 0 Å². The Balaban J connectivity index is 1.71. The molecule has 0 radical (unpaired) electrons. The first-order chi connectivity index (χ1) is 14.3. The minimum atomic E-state index is -0.492. The molecule has 1 fully saturated rings. The molecule has 9 nitrogen and oxygen atoms in total. The molecule has 2 heterocycles. The van der Waals surface area contributed by atoms with Crippen molar-refractivity contribution in [3.8, 4) is 28.6 Å². The first-order valence-electron chi connectivity index (χ1n) is 9.96. The standard InChI is InChI=1S/C21H30N4O5/c1-21(2,3)30-20(26)25-9-7-13(8-10-25)18-22-19(24-23-18)14-11-15(27-4)17(29-6)16(12-14)28-5/h11-13H,7-10H2,1-6H3,(H,22,23,24). The summed E-state index contributed by atoms with van der Waals surface area (Å²) in [4.78, 5) is 18.7. The highest BCUT2D eigenvalue weighted by Gasteiger charge is 2.29. The van der Waals surface area contributed by atoms with Gasteiger partial charge in [0, 0.05) is 24.6 Å². The molecular formula is C21H30N4O5. The van der Waals surface area contributed by atoms with E-state index in [4.69, 9.17) is 18.9 Å². The molecular weight excluding hydrogens is 388 g/mol. The quantitative estimate of drug-likeness (QED) is 0.792. The first kappa shape index (κ1) is 21.7. The number of benzene rings is 1. The maximum atomic E-state index is 12.3. The fraction of sp³-hybridized carbons (Fsp3) is 0.571. The van der Waals surface area contributed by atoms with E-state index >= 15 is 0 Å². The topological polar surface area (TPSA) is 98.8 Å². The fourth-order valence-corrected chi connectivity index (χ4v) is 3.46. The van der Waals surface area contributed by atoms with Crippen molar-refractivity contribution in [1.29, 1.82) is 0 Å². The van der Waals surface area contributed by atoms with Gasteiger partial charge in [-0.3, -0.25) is 5.10 Å². The van der Waals surface area contributed by atoms with Crippen LogP contribution in [0.1, 0.15) is 45.4 Å². The maximum Gasteiger partial charge on any atom is 0.410 e. The molecule has 3 rings (SSSR count). The number of piperidine rings is 1. The van der Waals surface area contributed by atoms with Crippen molar-refractivity contribution in [2.45, 2.75) is 45.1 Å². The lowest BCUT2D eigenvalue weighted by Gasteiger charge is -2.32. The van der Waals surface area contributed by atoms with Crippen LogP contribution in [0.2, 0.25) is 0 Å².